The van der Waals surface area contributed by atoms with Crippen molar-refractivity contribution in [2.24, 2.45) is 0 Å². The van der Waals surface area contributed by atoms with Crippen molar-refractivity contribution >= 4 is 21.6 Å². The van der Waals surface area contributed by atoms with Gasteiger partial charge in [-0.3, -0.25) is 0 Å². The van der Waals surface area contributed by atoms with Gasteiger partial charge in [0.25, 0.3) is 0 Å². The van der Waals surface area contributed by atoms with Crippen LogP contribution < -0.4 is 0 Å². The van der Waals surface area contributed by atoms with E-state index in [1.165, 1.54) is 5.56 Å². The molecule has 24 heavy (non-hydrogen) atoms. The van der Waals surface area contributed by atoms with Gasteiger partial charge in [0.05, 0.1) is 24.5 Å². The van der Waals surface area contributed by atoms with Crippen LogP contribution in [0.15, 0.2) is 48.5 Å². The summed E-state index contributed by atoms with van der Waals surface area (Å²) in [5.41, 5.74) is 3.10. The van der Waals surface area contributed by atoms with Gasteiger partial charge in [-0.05, 0) is 28.8 Å². The molecule has 1 aliphatic carbocycles. The maximum Gasteiger partial charge on any atom is 0.217 e. The fourth-order valence-corrected chi connectivity index (χ4v) is 5.33. The molecule has 4 nitrogen and oxygen atoms in total. The molecule has 4 rings (SSSR count). The van der Waals surface area contributed by atoms with Crippen LogP contribution in [0, 0.1) is 0 Å². The Hall–Kier alpha value is -1.40. The molecule has 2 aliphatic rings. The van der Waals surface area contributed by atoms with Gasteiger partial charge in [0.15, 0.2) is 0 Å². The number of fused-ring (bicyclic) bond motifs is 3. The van der Waals surface area contributed by atoms with Crippen LogP contribution in [-0.4, -0.2) is 31.2 Å². The van der Waals surface area contributed by atoms with E-state index >= 15 is 0 Å². The standard InChI is InChI=1S/C18H18ClNO3S/c19-15-6-3-4-13(10-15)12-20-18-16-7-2-1-5-14(16)11-17(18)23-8-9-24(20,21)22/h1-7,10,17-18H,8-9,11-12H2/t17-,18+/m0/s1. The third-order valence-electron chi connectivity index (χ3n) is 4.72. The summed E-state index contributed by atoms with van der Waals surface area (Å²) in [7, 11) is -3.40. The third-order valence-corrected chi connectivity index (χ3v) is 6.70. The number of rotatable bonds is 2. The molecule has 6 heteroatoms. The molecular weight excluding hydrogens is 346 g/mol. The van der Waals surface area contributed by atoms with Crippen LogP contribution in [0.5, 0.6) is 0 Å². The summed E-state index contributed by atoms with van der Waals surface area (Å²) in [6.45, 7) is 0.547. The molecule has 0 saturated carbocycles. The molecule has 126 valence electrons. The molecule has 2 atom stereocenters. The lowest BCUT2D eigenvalue weighted by Gasteiger charge is -2.29. The molecule has 2 aromatic rings. The number of hydrogen-bond acceptors (Lipinski definition) is 3. The first-order valence-electron chi connectivity index (χ1n) is 7.98. The highest BCUT2D eigenvalue weighted by Crippen LogP contribution is 2.41. The minimum absolute atomic E-state index is 0.0166. The van der Waals surface area contributed by atoms with Crippen LogP contribution in [0.1, 0.15) is 22.7 Å². The molecule has 0 spiro atoms. The molecule has 0 N–H and O–H groups in total. The van der Waals surface area contributed by atoms with Gasteiger partial charge in [0.1, 0.15) is 0 Å². The van der Waals surface area contributed by atoms with E-state index in [1.54, 1.807) is 10.4 Å². The molecular formula is C18H18ClNO3S. The highest BCUT2D eigenvalue weighted by atomic mass is 35.5. The highest BCUT2D eigenvalue weighted by Gasteiger charge is 2.44. The van der Waals surface area contributed by atoms with Gasteiger partial charge in [0, 0.05) is 18.0 Å². The van der Waals surface area contributed by atoms with Gasteiger partial charge in [0.2, 0.25) is 10.0 Å². The molecule has 1 fully saturated rings. The lowest BCUT2D eigenvalue weighted by molar-refractivity contribution is 0.0321. The number of benzene rings is 2. The van der Waals surface area contributed by atoms with E-state index in [1.807, 2.05) is 36.4 Å². The Morgan fingerprint density at radius 3 is 2.83 bits per heavy atom. The van der Waals surface area contributed by atoms with Crippen molar-refractivity contribution in [3.63, 3.8) is 0 Å². The normalized spacial score (nSPS) is 25.7. The van der Waals surface area contributed by atoms with Crippen LogP contribution in [0.3, 0.4) is 0 Å². The lowest BCUT2D eigenvalue weighted by Crippen LogP contribution is -2.37. The van der Waals surface area contributed by atoms with E-state index in [-0.39, 0.29) is 24.5 Å². The summed E-state index contributed by atoms with van der Waals surface area (Å²) in [4.78, 5) is 0. The summed E-state index contributed by atoms with van der Waals surface area (Å²) in [5.74, 6) is 0.0166. The zero-order valence-corrected chi connectivity index (χ0v) is 14.6. The fourth-order valence-electron chi connectivity index (χ4n) is 3.63. The van der Waals surface area contributed by atoms with Crippen molar-refractivity contribution in [1.29, 1.82) is 0 Å². The third kappa shape index (κ3) is 2.86. The molecule has 2 aromatic carbocycles. The van der Waals surface area contributed by atoms with Gasteiger partial charge in [-0.1, -0.05) is 48.0 Å². The molecule has 0 aromatic heterocycles. The number of halogens is 1. The summed E-state index contributed by atoms with van der Waals surface area (Å²) in [5, 5.41) is 0.611. The van der Waals surface area contributed by atoms with Crippen molar-refractivity contribution in [3.05, 3.63) is 70.2 Å². The van der Waals surface area contributed by atoms with E-state index in [0.29, 0.717) is 11.6 Å². The monoisotopic (exact) mass is 363 g/mol. The lowest BCUT2D eigenvalue weighted by atomic mass is 10.1. The Kier molecular flexibility index (Phi) is 4.12. The van der Waals surface area contributed by atoms with E-state index in [4.69, 9.17) is 16.3 Å². The SMILES string of the molecule is O=S1(=O)CCO[C@H]2Cc3ccccc3[C@H]2N1Cc1cccc(Cl)c1. The first kappa shape index (κ1) is 16.1. The smallest absolute Gasteiger partial charge is 0.217 e. The van der Waals surface area contributed by atoms with Crippen LogP contribution in [0.2, 0.25) is 5.02 Å². The fraction of sp³-hybridized carbons (Fsp3) is 0.333. The zero-order valence-electron chi connectivity index (χ0n) is 13.1. The number of nitrogens with zero attached hydrogens (tertiary/aromatic N) is 1. The Morgan fingerprint density at radius 2 is 2.00 bits per heavy atom. The maximum absolute atomic E-state index is 12.9. The number of sulfonamides is 1. The van der Waals surface area contributed by atoms with Crippen LogP contribution in [0.25, 0.3) is 0 Å². The van der Waals surface area contributed by atoms with E-state index in [2.05, 4.69) is 6.07 Å². The molecule has 0 amide bonds. The van der Waals surface area contributed by atoms with Crippen molar-refractivity contribution in [3.8, 4) is 0 Å². The van der Waals surface area contributed by atoms with E-state index in [9.17, 15) is 8.42 Å². The molecule has 0 bridgehead atoms. The summed E-state index contributed by atoms with van der Waals surface area (Å²) in [6.07, 6.45) is 0.626. The highest BCUT2D eigenvalue weighted by molar-refractivity contribution is 7.89. The summed E-state index contributed by atoms with van der Waals surface area (Å²) >= 11 is 6.07. The average Bonchev–Trinajstić information content (AvgIpc) is 2.85. The Labute approximate surface area is 147 Å². The van der Waals surface area contributed by atoms with Crippen molar-refractivity contribution < 1.29 is 13.2 Å². The Bertz CT molecular complexity index is 868. The van der Waals surface area contributed by atoms with E-state index < -0.39 is 10.0 Å². The second kappa shape index (κ2) is 6.15. The minimum atomic E-state index is -3.40. The van der Waals surface area contributed by atoms with Gasteiger partial charge in [-0.2, -0.15) is 4.31 Å². The quantitative estimate of drug-likeness (QED) is 0.823. The first-order chi connectivity index (χ1) is 11.5. The van der Waals surface area contributed by atoms with Gasteiger partial charge in [-0.25, -0.2) is 8.42 Å². The van der Waals surface area contributed by atoms with Crippen LogP contribution in [0.4, 0.5) is 0 Å². The molecule has 0 unspecified atom stereocenters. The van der Waals surface area contributed by atoms with Gasteiger partial charge >= 0.3 is 0 Å². The van der Waals surface area contributed by atoms with Gasteiger partial charge in [-0.15, -0.1) is 0 Å². The molecule has 0 radical (unpaired) electrons. The summed E-state index contributed by atoms with van der Waals surface area (Å²) in [6, 6.07) is 15.1. The number of hydrogen-bond donors (Lipinski definition) is 0. The molecule has 1 aliphatic heterocycles. The number of ether oxygens (including phenoxy) is 1. The van der Waals surface area contributed by atoms with Crippen molar-refractivity contribution in [2.75, 3.05) is 12.4 Å². The second-order valence-electron chi connectivity index (χ2n) is 6.25. The van der Waals surface area contributed by atoms with Gasteiger partial charge < -0.3 is 4.74 Å². The van der Waals surface area contributed by atoms with E-state index in [0.717, 1.165) is 17.5 Å². The first-order valence-corrected chi connectivity index (χ1v) is 9.97. The average molecular weight is 364 g/mol. The predicted octanol–water partition coefficient (Wildman–Crippen LogP) is 3.17. The van der Waals surface area contributed by atoms with Crippen LogP contribution in [-0.2, 0) is 27.7 Å². The zero-order chi connectivity index (χ0) is 16.7. The van der Waals surface area contributed by atoms with Crippen molar-refractivity contribution in [2.45, 2.75) is 25.1 Å². The second-order valence-corrected chi connectivity index (χ2v) is 8.73. The Balaban J connectivity index is 1.78. The molecule has 1 heterocycles. The maximum atomic E-state index is 12.9. The van der Waals surface area contributed by atoms with Crippen molar-refractivity contribution in [1.82, 2.24) is 4.31 Å². The molecule has 1 saturated heterocycles. The largest absolute Gasteiger partial charge is 0.375 e. The topological polar surface area (TPSA) is 46.6 Å². The predicted molar refractivity (Wildman–Crippen MR) is 93.4 cm³/mol. The minimum Gasteiger partial charge on any atom is -0.375 e. The van der Waals surface area contributed by atoms with Crippen LogP contribution >= 0.6 is 11.6 Å². The Morgan fingerprint density at radius 1 is 1.17 bits per heavy atom. The summed E-state index contributed by atoms with van der Waals surface area (Å²) < 4.78 is 33.2.